The Bertz CT molecular complexity index is 315. The summed E-state index contributed by atoms with van der Waals surface area (Å²) in [6.45, 7) is 0. The Kier molecular flexibility index (Phi) is 3.68. The quantitative estimate of drug-likeness (QED) is 0.788. The third kappa shape index (κ3) is 2.41. The first kappa shape index (κ1) is 10.9. The minimum absolute atomic E-state index is 0.556. The molecule has 0 spiro atoms. The van der Waals surface area contributed by atoms with Crippen molar-refractivity contribution in [2.24, 2.45) is 0 Å². The van der Waals surface area contributed by atoms with E-state index >= 15 is 0 Å². The van der Waals surface area contributed by atoms with Crippen molar-refractivity contribution in [1.82, 2.24) is 0 Å². The van der Waals surface area contributed by atoms with Crippen LogP contribution in [0.3, 0.4) is 0 Å². The molecule has 0 aliphatic rings. The van der Waals surface area contributed by atoms with Crippen LogP contribution in [0.1, 0.15) is 0 Å². The molecule has 0 amide bonds. The fourth-order valence-electron chi connectivity index (χ4n) is 0.909. The molecular weight excluding hydrogens is 255 g/mol. The van der Waals surface area contributed by atoms with Gasteiger partial charge in [0.2, 0.25) is 0 Å². The summed E-state index contributed by atoms with van der Waals surface area (Å²) in [6.07, 6.45) is 0. The molecule has 0 atom stereocenters. The Labute approximate surface area is 85.7 Å². The summed E-state index contributed by atoms with van der Waals surface area (Å²) < 4.78 is 22.4. The average molecular weight is 265 g/mol. The summed E-state index contributed by atoms with van der Waals surface area (Å²) in [5.74, 6) is 0. The van der Waals surface area contributed by atoms with Crippen LogP contribution in [0.5, 0.6) is 0 Å². The lowest BCUT2D eigenvalue weighted by molar-refractivity contribution is 0.287. The highest BCUT2D eigenvalue weighted by Crippen LogP contribution is 2.44. The molecule has 72 valence electrons. The molecule has 0 heterocycles. The van der Waals surface area contributed by atoms with Gasteiger partial charge in [-0.3, -0.25) is 4.57 Å². The maximum absolute atomic E-state index is 11.8. The highest BCUT2D eigenvalue weighted by atomic mass is 79.9. The Morgan fingerprint density at radius 2 is 1.62 bits per heavy atom. The largest absolute Gasteiger partial charge is 0.360 e. The van der Waals surface area contributed by atoms with E-state index in [2.05, 4.69) is 15.9 Å². The van der Waals surface area contributed by atoms with Gasteiger partial charge in [0, 0.05) is 18.7 Å². The van der Waals surface area contributed by atoms with Crippen LogP contribution in [0.15, 0.2) is 28.7 Å². The number of rotatable bonds is 3. The predicted molar refractivity (Wildman–Crippen MR) is 55.4 cm³/mol. The number of benzene rings is 1. The first-order valence-corrected chi connectivity index (χ1v) is 5.93. The summed E-state index contributed by atoms with van der Waals surface area (Å²) in [6, 6.07) is 7.00. The van der Waals surface area contributed by atoms with E-state index in [0.29, 0.717) is 5.30 Å². The number of halogens is 1. The Hall–Kier alpha value is -0.150. The average Bonchev–Trinajstić information content (AvgIpc) is 2.18. The van der Waals surface area contributed by atoms with Gasteiger partial charge in [0.1, 0.15) is 0 Å². The molecule has 0 saturated heterocycles. The van der Waals surface area contributed by atoms with Crippen molar-refractivity contribution in [3.05, 3.63) is 28.7 Å². The van der Waals surface area contributed by atoms with Crippen LogP contribution < -0.4 is 5.30 Å². The van der Waals surface area contributed by atoms with Gasteiger partial charge in [0.05, 0.1) is 5.30 Å². The van der Waals surface area contributed by atoms with Crippen LogP contribution in [-0.4, -0.2) is 14.2 Å². The first-order valence-electron chi connectivity index (χ1n) is 3.60. The van der Waals surface area contributed by atoms with Gasteiger partial charge >= 0.3 is 7.60 Å². The van der Waals surface area contributed by atoms with E-state index in [1.807, 2.05) is 0 Å². The Morgan fingerprint density at radius 1 is 1.15 bits per heavy atom. The highest BCUT2D eigenvalue weighted by molar-refractivity contribution is 9.10. The molecule has 0 fully saturated rings. The van der Waals surface area contributed by atoms with Crippen LogP contribution in [0.2, 0.25) is 0 Å². The SMILES string of the molecule is COP(=O)(OC)c1ccc(Br)cc1. The van der Waals surface area contributed by atoms with E-state index in [0.717, 1.165) is 4.47 Å². The van der Waals surface area contributed by atoms with Gasteiger partial charge < -0.3 is 9.05 Å². The van der Waals surface area contributed by atoms with Gasteiger partial charge in [0.25, 0.3) is 0 Å². The fourth-order valence-corrected chi connectivity index (χ4v) is 2.26. The van der Waals surface area contributed by atoms with Crippen LogP contribution in [0, 0.1) is 0 Å². The van der Waals surface area contributed by atoms with Crippen molar-refractivity contribution in [1.29, 1.82) is 0 Å². The molecule has 1 aromatic rings. The lowest BCUT2D eigenvalue weighted by atomic mass is 10.4. The minimum atomic E-state index is -3.07. The van der Waals surface area contributed by atoms with Crippen LogP contribution in [0.25, 0.3) is 0 Å². The maximum Gasteiger partial charge on any atom is 0.360 e. The Balaban J connectivity index is 3.07. The number of hydrogen-bond donors (Lipinski definition) is 0. The van der Waals surface area contributed by atoms with Gasteiger partial charge in [-0.1, -0.05) is 15.9 Å². The second-order valence-corrected chi connectivity index (χ2v) is 5.50. The maximum atomic E-state index is 11.8. The van der Waals surface area contributed by atoms with Gasteiger partial charge in [-0.25, -0.2) is 0 Å². The van der Waals surface area contributed by atoms with Crippen molar-refractivity contribution < 1.29 is 13.6 Å². The first-order chi connectivity index (χ1) is 6.12. The molecule has 1 rings (SSSR count). The molecule has 0 saturated carbocycles. The van der Waals surface area contributed by atoms with Crippen LogP contribution in [0.4, 0.5) is 0 Å². The molecule has 0 aliphatic heterocycles. The summed E-state index contributed by atoms with van der Waals surface area (Å²) in [7, 11) is -0.339. The minimum Gasteiger partial charge on any atom is -0.309 e. The van der Waals surface area contributed by atoms with E-state index in [1.165, 1.54) is 14.2 Å². The van der Waals surface area contributed by atoms with E-state index in [4.69, 9.17) is 9.05 Å². The van der Waals surface area contributed by atoms with Crippen molar-refractivity contribution >= 4 is 28.8 Å². The highest BCUT2D eigenvalue weighted by Gasteiger charge is 2.23. The number of hydrogen-bond acceptors (Lipinski definition) is 3. The molecule has 3 nitrogen and oxygen atoms in total. The summed E-state index contributed by atoms with van der Waals surface area (Å²) in [4.78, 5) is 0. The smallest absolute Gasteiger partial charge is 0.309 e. The lowest BCUT2D eigenvalue weighted by Crippen LogP contribution is -2.06. The molecule has 0 radical (unpaired) electrons. The third-order valence-electron chi connectivity index (χ3n) is 1.62. The second-order valence-electron chi connectivity index (χ2n) is 2.34. The normalized spacial score (nSPS) is 11.6. The summed E-state index contributed by atoms with van der Waals surface area (Å²) in [5.41, 5.74) is 0. The van der Waals surface area contributed by atoms with Crippen LogP contribution in [-0.2, 0) is 13.6 Å². The van der Waals surface area contributed by atoms with Crippen molar-refractivity contribution in [3.63, 3.8) is 0 Å². The monoisotopic (exact) mass is 264 g/mol. The van der Waals surface area contributed by atoms with Crippen molar-refractivity contribution in [3.8, 4) is 0 Å². The molecule has 13 heavy (non-hydrogen) atoms. The zero-order valence-corrected chi connectivity index (χ0v) is 9.84. The molecule has 1 aromatic carbocycles. The van der Waals surface area contributed by atoms with Gasteiger partial charge in [-0.2, -0.15) is 0 Å². The molecule has 0 aliphatic carbocycles. The summed E-state index contributed by atoms with van der Waals surface area (Å²) >= 11 is 3.28. The zero-order chi connectivity index (χ0) is 9.90. The van der Waals surface area contributed by atoms with E-state index in [-0.39, 0.29) is 0 Å². The van der Waals surface area contributed by atoms with E-state index in [9.17, 15) is 4.57 Å². The van der Waals surface area contributed by atoms with Crippen molar-refractivity contribution in [2.45, 2.75) is 0 Å². The van der Waals surface area contributed by atoms with Gasteiger partial charge in [-0.05, 0) is 24.3 Å². The topological polar surface area (TPSA) is 35.5 Å². The molecule has 0 bridgehead atoms. The Morgan fingerprint density at radius 3 is 2.00 bits per heavy atom. The van der Waals surface area contributed by atoms with E-state index in [1.54, 1.807) is 24.3 Å². The molecule has 0 N–H and O–H groups in total. The summed E-state index contributed by atoms with van der Waals surface area (Å²) in [5, 5.41) is 0.556. The molecule has 5 heteroatoms. The molecule has 0 unspecified atom stereocenters. The van der Waals surface area contributed by atoms with Crippen molar-refractivity contribution in [2.75, 3.05) is 14.2 Å². The predicted octanol–water partition coefficient (Wildman–Crippen LogP) is 2.56. The molecule has 0 aromatic heterocycles. The lowest BCUT2D eigenvalue weighted by Gasteiger charge is -2.13. The molecular formula is C8H10BrO3P. The second kappa shape index (κ2) is 4.38. The zero-order valence-electron chi connectivity index (χ0n) is 7.36. The standard InChI is InChI=1S/C8H10BrO3P/c1-11-13(10,12-2)8-5-3-7(9)4-6-8/h3-6H,1-2H3. The van der Waals surface area contributed by atoms with Crippen LogP contribution >= 0.6 is 23.5 Å². The van der Waals surface area contributed by atoms with Gasteiger partial charge in [-0.15, -0.1) is 0 Å². The third-order valence-corrected chi connectivity index (χ3v) is 4.04. The fraction of sp³-hybridized carbons (Fsp3) is 0.250. The van der Waals surface area contributed by atoms with Gasteiger partial charge in [0.15, 0.2) is 0 Å². The van der Waals surface area contributed by atoms with E-state index < -0.39 is 7.60 Å².